The van der Waals surface area contributed by atoms with Gasteiger partial charge < -0.3 is 4.74 Å². The van der Waals surface area contributed by atoms with Gasteiger partial charge in [0.15, 0.2) is 0 Å². The van der Waals surface area contributed by atoms with Crippen molar-refractivity contribution in [1.82, 2.24) is 0 Å². The summed E-state index contributed by atoms with van der Waals surface area (Å²) in [6, 6.07) is 0. The van der Waals surface area contributed by atoms with Crippen LogP contribution in [0.1, 0.15) is 33.1 Å². The largest absolute Gasteiger partial charge is 0.463 e. The highest BCUT2D eigenvalue weighted by Crippen LogP contribution is 2.09. The van der Waals surface area contributed by atoms with Crippen molar-refractivity contribution in [3.8, 4) is 0 Å². The molecule has 70 valence electrons. The molecule has 0 saturated carbocycles. The van der Waals surface area contributed by atoms with Crippen LogP contribution in [0, 0.1) is 5.92 Å². The Morgan fingerprint density at radius 3 is 2.42 bits per heavy atom. The second-order valence-corrected chi connectivity index (χ2v) is 2.90. The van der Waals surface area contributed by atoms with Crippen LogP contribution in [0.25, 0.3) is 0 Å². The molecule has 0 saturated heterocycles. The van der Waals surface area contributed by atoms with Crippen molar-refractivity contribution >= 4 is 11.8 Å². The van der Waals surface area contributed by atoms with Gasteiger partial charge in [0.25, 0.3) is 0 Å². The number of methoxy groups -OCH3 is 1. The lowest BCUT2D eigenvalue weighted by Crippen LogP contribution is -2.22. The Bertz CT molecular complexity index is 163. The van der Waals surface area contributed by atoms with Crippen LogP contribution in [-0.2, 0) is 14.3 Å². The molecule has 0 rings (SSSR count). The number of carbonyl (C=O) groups is 2. The Labute approximate surface area is 73.1 Å². The summed E-state index contributed by atoms with van der Waals surface area (Å²) in [6.45, 7) is 3.81. The number of ether oxygens (including phenoxy) is 1. The fraction of sp³-hybridized carbons (Fsp3) is 0.778. The third kappa shape index (κ3) is 3.51. The lowest BCUT2D eigenvalue weighted by molar-refractivity contribution is -0.153. The van der Waals surface area contributed by atoms with Crippen molar-refractivity contribution in [1.29, 1.82) is 0 Å². The molecule has 1 unspecified atom stereocenters. The minimum absolute atomic E-state index is 0.197. The fourth-order valence-corrected chi connectivity index (χ4v) is 0.943. The summed E-state index contributed by atoms with van der Waals surface area (Å²) < 4.78 is 4.32. The van der Waals surface area contributed by atoms with E-state index in [0.29, 0.717) is 0 Å². The highest BCUT2D eigenvalue weighted by atomic mass is 16.5. The summed E-state index contributed by atoms with van der Waals surface area (Å²) in [4.78, 5) is 21.9. The van der Waals surface area contributed by atoms with E-state index in [9.17, 15) is 9.59 Å². The molecule has 0 heterocycles. The minimum Gasteiger partial charge on any atom is -0.463 e. The first-order chi connectivity index (χ1) is 5.63. The third-order valence-electron chi connectivity index (χ3n) is 1.82. The molecule has 1 atom stereocenters. The lowest BCUT2D eigenvalue weighted by atomic mass is 10.00. The van der Waals surface area contributed by atoms with Gasteiger partial charge in [-0.3, -0.25) is 4.79 Å². The number of ketones is 1. The van der Waals surface area contributed by atoms with Gasteiger partial charge in [-0.2, -0.15) is 0 Å². The maximum absolute atomic E-state index is 11.1. The Hall–Kier alpha value is -0.860. The molecule has 12 heavy (non-hydrogen) atoms. The SMILES string of the molecule is CCCCC(C)C(=O)C(=O)OC. The molecule has 0 aromatic heterocycles. The first kappa shape index (κ1) is 11.1. The monoisotopic (exact) mass is 172 g/mol. The van der Waals surface area contributed by atoms with Crippen molar-refractivity contribution < 1.29 is 14.3 Å². The number of Topliss-reactive ketones (excluding diaryl/α,β-unsaturated/α-hetero) is 1. The van der Waals surface area contributed by atoms with Crippen LogP contribution in [-0.4, -0.2) is 18.9 Å². The minimum atomic E-state index is -0.724. The molecule has 0 aliphatic carbocycles. The lowest BCUT2D eigenvalue weighted by Gasteiger charge is -2.06. The van der Waals surface area contributed by atoms with Crippen LogP contribution < -0.4 is 0 Å². The summed E-state index contributed by atoms with van der Waals surface area (Å²) in [6.07, 6.45) is 2.78. The van der Waals surface area contributed by atoms with Gasteiger partial charge in [-0.25, -0.2) is 4.79 Å². The summed E-state index contributed by atoms with van der Waals surface area (Å²) in [5, 5.41) is 0. The second kappa shape index (κ2) is 5.75. The molecule has 0 aliphatic heterocycles. The smallest absolute Gasteiger partial charge is 0.374 e. The summed E-state index contributed by atoms with van der Waals surface area (Å²) in [7, 11) is 1.23. The van der Waals surface area contributed by atoms with E-state index in [1.54, 1.807) is 6.92 Å². The molecule has 0 fully saturated rings. The van der Waals surface area contributed by atoms with Crippen molar-refractivity contribution in [2.24, 2.45) is 5.92 Å². The van der Waals surface area contributed by atoms with Crippen molar-refractivity contribution in [3.63, 3.8) is 0 Å². The average Bonchev–Trinajstić information content (AvgIpc) is 2.11. The van der Waals surface area contributed by atoms with Gasteiger partial charge in [0.05, 0.1) is 7.11 Å². The van der Waals surface area contributed by atoms with Crippen LogP contribution >= 0.6 is 0 Å². The average molecular weight is 172 g/mol. The van der Waals surface area contributed by atoms with Gasteiger partial charge >= 0.3 is 5.97 Å². The quantitative estimate of drug-likeness (QED) is 0.467. The van der Waals surface area contributed by atoms with Crippen molar-refractivity contribution in [2.75, 3.05) is 7.11 Å². The summed E-state index contributed by atoms with van der Waals surface area (Å²) >= 11 is 0. The predicted molar refractivity (Wildman–Crippen MR) is 45.7 cm³/mol. The van der Waals surface area contributed by atoms with Gasteiger partial charge in [0.1, 0.15) is 0 Å². The molecular weight excluding hydrogens is 156 g/mol. The van der Waals surface area contributed by atoms with Gasteiger partial charge in [-0.15, -0.1) is 0 Å². The van der Waals surface area contributed by atoms with E-state index in [2.05, 4.69) is 11.7 Å². The number of esters is 1. The van der Waals surface area contributed by atoms with Crippen LogP contribution in [0.3, 0.4) is 0 Å². The summed E-state index contributed by atoms with van der Waals surface area (Å²) in [5.74, 6) is -1.33. The van der Waals surface area contributed by atoms with Gasteiger partial charge in [-0.05, 0) is 6.42 Å². The normalized spacial score (nSPS) is 12.2. The molecule has 0 aliphatic rings. The molecule has 3 nitrogen and oxygen atoms in total. The number of carbonyl (C=O) groups excluding carboxylic acids is 2. The fourth-order valence-electron chi connectivity index (χ4n) is 0.943. The maximum atomic E-state index is 11.1. The molecule has 0 bridgehead atoms. The predicted octanol–water partition coefficient (Wildman–Crippen LogP) is 1.55. The molecule has 0 N–H and O–H groups in total. The van der Waals surface area contributed by atoms with E-state index in [1.165, 1.54) is 7.11 Å². The Kier molecular flexibility index (Phi) is 5.34. The Balaban J connectivity index is 3.84. The van der Waals surface area contributed by atoms with Crippen molar-refractivity contribution in [3.05, 3.63) is 0 Å². The van der Waals surface area contributed by atoms with Crippen LogP contribution in [0.15, 0.2) is 0 Å². The summed E-state index contributed by atoms with van der Waals surface area (Å²) in [5.41, 5.74) is 0. The van der Waals surface area contributed by atoms with E-state index in [-0.39, 0.29) is 5.92 Å². The van der Waals surface area contributed by atoms with E-state index in [4.69, 9.17) is 0 Å². The topological polar surface area (TPSA) is 43.4 Å². The zero-order valence-corrected chi connectivity index (χ0v) is 7.92. The van der Waals surface area contributed by atoms with E-state index in [1.807, 2.05) is 0 Å². The molecule has 3 heteroatoms. The Morgan fingerprint density at radius 1 is 1.42 bits per heavy atom. The zero-order chi connectivity index (χ0) is 9.56. The standard InChI is InChI=1S/C9H16O3/c1-4-5-6-7(2)8(10)9(11)12-3/h7H,4-6H2,1-3H3. The number of hydrogen-bond donors (Lipinski definition) is 0. The number of unbranched alkanes of at least 4 members (excludes halogenated alkanes) is 1. The van der Waals surface area contributed by atoms with E-state index < -0.39 is 11.8 Å². The van der Waals surface area contributed by atoms with Gasteiger partial charge in [0, 0.05) is 5.92 Å². The molecule has 0 aromatic carbocycles. The van der Waals surface area contributed by atoms with Gasteiger partial charge in [0.2, 0.25) is 5.78 Å². The van der Waals surface area contributed by atoms with Crippen LogP contribution in [0.2, 0.25) is 0 Å². The molecule has 0 amide bonds. The Morgan fingerprint density at radius 2 is 2.00 bits per heavy atom. The van der Waals surface area contributed by atoms with Crippen molar-refractivity contribution in [2.45, 2.75) is 33.1 Å². The molecular formula is C9H16O3. The first-order valence-corrected chi connectivity index (χ1v) is 4.25. The number of rotatable bonds is 5. The molecule has 0 radical (unpaired) electrons. The van der Waals surface area contributed by atoms with Crippen LogP contribution in [0.4, 0.5) is 0 Å². The first-order valence-electron chi connectivity index (χ1n) is 4.25. The molecule has 0 spiro atoms. The van der Waals surface area contributed by atoms with E-state index >= 15 is 0 Å². The van der Waals surface area contributed by atoms with Gasteiger partial charge in [-0.1, -0.05) is 26.7 Å². The second-order valence-electron chi connectivity index (χ2n) is 2.90. The zero-order valence-electron chi connectivity index (χ0n) is 7.92. The highest BCUT2D eigenvalue weighted by molar-refractivity contribution is 6.34. The third-order valence-corrected chi connectivity index (χ3v) is 1.82. The van der Waals surface area contributed by atoms with E-state index in [0.717, 1.165) is 19.3 Å². The van der Waals surface area contributed by atoms with Crippen LogP contribution in [0.5, 0.6) is 0 Å². The molecule has 0 aromatic rings. The number of hydrogen-bond acceptors (Lipinski definition) is 3. The maximum Gasteiger partial charge on any atom is 0.374 e. The highest BCUT2D eigenvalue weighted by Gasteiger charge is 2.20.